The van der Waals surface area contributed by atoms with Gasteiger partial charge in [0.05, 0.1) is 17.7 Å². The number of nitrogens with zero attached hydrogens (tertiary/aromatic N) is 3. The normalized spacial score (nSPS) is 16.4. The lowest BCUT2D eigenvalue weighted by Crippen LogP contribution is -2.46. The molecule has 0 saturated heterocycles. The van der Waals surface area contributed by atoms with Crippen LogP contribution in [0.1, 0.15) is 50.3 Å². The van der Waals surface area contributed by atoms with Crippen LogP contribution in [0, 0.1) is 12.7 Å². The van der Waals surface area contributed by atoms with E-state index in [0.717, 1.165) is 16.7 Å². The lowest BCUT2D eigenvalue weighted by molar-refractivity contribution is 0.0736. The van der Waals surface area contributed by atoms with E-state index in [1.807, 2.05) is 52.0 Å². The minimum Gasteiger partial charge on any atom is -0.379 e. The molecule has 34 heavy (non-hydrogen) atoms. The first kappa shape index (κ1) is 23.6. The summed E-state index contributed by atoms with van der Waals surface area (Å²) in [6.07, 6.45) is 0.805. The number of amides is 2. The first-order valence-corrected chi connectivity index (χ1v) is 11.4. The van der Waals surface area contributed by atoms with E-state index in [1.54, 1.807) is 17.0 Å². The molecule has 4 rings (SSSR count). The Kier molecular flexibility index (Phi) is 7.07. The van der Waals surface area contributed by atoms with Crippen LogP contribution in [-0.2, 0) is 4.74 Å². The Bertz CT molecular complexity index is 1170. The van der Waals surface area contributed by atoms with Crippen LogP contribution in [-0.4, -0.2) is 40.3 Å². The highest BCUT2D eigenvalue weighted by atomic mass is 19.1. The maximum atomic E-state index is 13.6. The summed E-state index contributed by atoms with van der Waals surface area (Å²) in [4.78, 5) is 19.3. The van der Waals surface area contributed by atoms with Crippen molar-refractivity contribution in [2.45, 2.75) is 46.3 Å². The Hall–Kier alpha value is -3.52. The summed E-state index contributed by atoms with van der Waals surface area (Å²) in [5.74, 6) is 0.423. The number of carbonyl (C=O) groups excluding carboxylic acids is 1. The zero-order valence-electron chi connectivity index (χ0n) is 19.8. The van der Waals surface area contributed by atoms with Gasteiger partial charge in [-0.15, -0.1) is 0 Å². The number of urea groups is 1. The van der Waals surface area contributed by atoms with Crippen molar-refractivity contribution in [2.24, 2.45) is 0 Å². The number of rotatable bonds is 8. The fraction of sp³-hybridized carbons (Fsp3) is 0.346. The highest BCUT2D eigenvalue weighted by Gasteiger charge is 2.35. The van der Waals surface area contributed by atoms with Gasteiger partial charge in [0.2, 0.25) is 5.82 Å². The van der Waals surface area contributed by atoms with Crippen molar-refractivity contribution in [2.75, 3.05) is 13.2 Å². The number of hydrogen-bond acceptors (Lipinski definition) is 5. The zero-order valence-corrected chi connectivity index (χ0v) is 19.8. The number of ether oxygens (including phenoxy) is 1. The summed E-state index contributed by atoms with van der Waals surface area (Å²) in [7, 11) is 0. The average Bonchev–Trinajstić information content (AvgIpc) is 3.28. The first-order chi connectivity index (χ1) is 16.3. The summed E-state index contributed by atoms with van der Waals surface area (Å²) in [5.41, 5.74) is 4.08. The molecular formula is C26H29FN4O3. The van der Waals surface area contributed by atoms with Crippen LogP contribution in [0.15, 0.2) is 58.8 Å². The number of allylic oxidation sites excluding steroid dienone is 1. The van der Waals surface area contributed by atoms with Crippen LogP contribution < -0.4 is 5.32 Å². The predicted molar refractivity (Wildman–Crippen MR) is 127 cm³/mol. The second-order valence-electron chi connectivity index (χ2n) is 8.65. The van der Waals surface area contributed by atoms with Crippen LogP contribution in [0.25, 0.3) is 17.0 Å². The molecule has 1 atom stereocenters. The Balaban J connectivity index is 1.70. The van der Waals surface area contributed by atoms with Gasteiger partial charge in [0.15, 0.2) is 0 Å². The zero-order chi connectivity index (χ0) is 24.2. The van der Waals surface area contributed by atoms with E-state index in [2.05, 4.69) is 15.5 Å². The van der Waals surface area contributed by atoms with Crippen molar-refractivity contribution < 1.29 is 18.4 Å². The van der Waals surface area contributed by atoms with Crippen molar-refractivity contribution in [3.8, 4) is 11.4 Å². The van der Waals surface area contributed by atoms with Gasteiger partial charge in [-0.05, 0) is 51.8 Å². The lowest BCUT2D eigenvalue weighted by atomic mass is 9.94. The lowest BCUT2D eigenvalue weighted by Gasteiger charge is -2.35. The Labute approximate surface area is 198 Å². The summed E-state index contributed by atoms with van der Waals surface area (Å²) >= 11 is 0. The van der Waals surface area contributed by atoms with E-state index >= 15 is 0 Å². The number of aryl methyl sites for hydroxylation is 1. The van der Waals surface area contributed by atoms with Gasteiger partial charge in [0, 0.05) is 24.4 Å². The Morgan fingerprint density at radius 1 is 1.12 bits per heavy atom. The molecule has 1 aromatic heterocycles. The molecule has 0 spiro atoms. The standard InChI is InChI=1S/C26H29FN4O3/c1-16(2)33-15-5-14-31-18(4)22(23(28-26(31)32)19-10-12-21(27)13-11-19)25-29-24(30-34-25)20-8-6-17(3)7-9-20/h6-13,16,23H,5,14-15H2,1-4H3,(H,28,32). The molecule has 1 aliphatic rings. The quantitative estimate of drug-likeness (QED) is 0.446. The molecule has 2 aromatic carbocycles. The summed E-state index contributed by atoms with van der Waals surface area (Å²) in [6, 6.07) is 13.1. The van der Waals surface area contributed by atoms with Crippen molar-refractivity contribution in [3.05, 3.63) is 77.1 Å². The number of benzene rings is 2. The van der Waals surface area contributed by atoms with E-state index in [1.165, 1.54) is 12.1 Å². The van der Waals surface area contributed by atoms with Crippen molar-refractivity contribution in [3.63, 3.8) is 0 Å². The largest absolute Gasteiger partial charge is 0.379 e. The Morgan fingerprint density at radius 2 is 1.82 bits per heavy atom. The van der Waals surface area contributed by atoms with E-state index in [9.17, 15) is 9.18 Å². The molecule has 2 amide bonds. The van der Waals surface area contributed by atoms with E-state index in [-0.39, 0.29) is 18.0 Å². The molecule has 3 aromatic rings. The van der Waals surface area contributed by atoms with Gasteiger partial charge in [-0.25, -0.2) is 9.18 Å². The third kappa shape index (κ3) is 5.17. The van der Waals surface area contributed by atoms with E-state index in [4.69, 9.17) is 9.26 Å². The minimum absolute atomic E-state index is 0.129. The van der Waals surface area contributed by atoms with Crippen LogP contribution >= 0.6 is 0 Å². The van der Waals surface area contributed by atoms with Crippen molar-refractivity contribution >= 4 is 11.6 Å². The fourth-order valence-corrected chi connectivity index (χ4v) is 3.93. The first-order valence-electron chi connectivity index (χ1n) is 11.4. The van der Waals surface area contributed by atoms with Crippen LogP contribution in [0.2, 0.25) is 0 Å². The second kappa shape index (κ2) is 10.2. The summed E-state index contributed by atoms with van der Waals surface area (Å²) in [5, 5.41) is 7.20. The molecular weight excluding hydrogens is 435 g/mol. The van der Waals surface area contributed by atoms with Gasteiger partial charge >= 0.3 is 6.03 Å². The molecule has 0 bridgehead atoms. The van der Waals surface area contributed by atoms with Crippen LogP contribution in [0.4, 0.5) is 9.18 Å². The number of halogens is 1. The van der Waals surface area contributed by atoms with Crippen LogP contribution in [0.5, 0.6) is 0 Å². The molecule has 7 nitrogen and oxygen atoms in total. The van der Waals surface area contributed by atoms with Gasteiger partial charge in [-0.1, -0.05) is 47.1 Å². The van der Waals surface area contributed by atoms with Gasteiger partial charge in [-0.2, -0.15) is 4.98 Å². The highest BCUT2D eigenvalue weighted by Crippen LogP contribution is 2.37. The molecule has 0 saturated carbocycles. The van der Waals surface area contributed by atoms with Crippen LogP contribution in [0.3, 0.4) is 0 Å². The molecule has 8 heteroatoms. The topological polar surface area (TPSA) is 80.5 Å². The number of aromatic nitrogens is 2. The molecule has 1 unspecified atom stereocenters. The summed E-state index contributed by atoms with van der Waals surface area (Å²) < 4.78 is 24.9. The monoisotopic (exact) mass is 464 g/mol. The van der Waals surface area contributed by atoms with E-state index < -0.39 is 6.04 Å². The number of carbonyl (C=O) groups is 1. The van der Waals surface area contributed by atoms with Crippen molar-refractivity contribution in [1.82, 2.24) is 20.4 Å². The molecule has 1 aliphatic heterocycles. The predicted octanol–water partition coefficient (Wildman–Crippen LogP) is 5.50. The highest BCUT2D eigenvalue weighted by molar-refractivity contribution is 5.86. The summed E-state index contributed by atoms with van der Waals surface area (Å²) in [6.45, 7) is 8.85. The molecule has 2 heterocycles. The Morgan fingerprint density at radius 3 is 2.50 bits per heavy atom. The maximum absolute atomic E-state index is 13.6. The second-order valence-corrected chi connectivity index (χ2v) is 8.65. The molecule has 178 valence electrons. The third-order valence-electron chi connectivity index (χ3n) is 5.74. The van der Waals surface area contributed by atoms with E-state index in [0.29, 0.717) is 42.6 Å². The van der Waals surface area contributed by atoms with Gasteiger partial charge < -0.3 is 14.6 Å². The fourth-order valence-electron chi connectivity index (χ4n) is 3.93. The molecule has 1 N–H and O–H groups in total. The molecule has 0 radical (unpaired) electrons. The SMILES string of the molecule is CC1=C(c2nc(-c3ccc(C)cc3)no2)C(c2ccc(F)cc2)NC(=O)N1CCCOC(C)C. The molecule has 0 fully saturated rings. The van der Waals surface area contributed by atoms with Gasteiger partial charge in [0.1, 0.15) is 5.82 Å². The van der Waals surface area contributed by atoms with Crippen molar-refractivity contribution in [1.29, 1.82) is 0 Å². The average molecular weight is 465 g/mol. The minimum atomic E-state index is -0.553. The number of hydrogen-bond donors (Lipinski definition) is 1. The third-order valence-corrected chi connectivity index (χ3v) is 5.74. The smallest absolute Gasteiger partial charge is 0.322 e. The maximum Gasteiger partial charge on any atom is 0.322 e. The molecule has 0 aliphatic carbocycles. The number of nitrogens with one attached hydrogen (secondary N) is 1. The van der Waals surface area contributed by atoms with Gasteiger partial charge in [0.25, 0.3) is 5.89 Å². The van der Waals surface area contributed by atoms with Gasteiger partial charge in [-0.3, -0.25) is 4.90 Å².